The topological polar surface area (TPSA) is 0 Å². The van der Waals surface area contributed by atoms with Crippen LogP contribution in [0.15, 0.2) is 0 Å². The van der Waals surface area contributed by atoms with Crippen molar-refractivity contribution in [2.45, 2.75) is 73.1 Å². The van der Waals surface area contributed by atoms with E-state index in [9.17, 15) is 0 Å². The van der Waals surface area contributed by atoms with E-state index in [-0.39, 0.29) is 0 Å². The Morgan fingerprint density at radius 2 is 1.62 bits per heavy atom. The quantitative estimate of drug-likeness (QED) is 0.509. The highest BCUT2D eigenvalue weighted by atomic mass is 14.2. The van der Waals surface area contributed by atoms with Crippen LogP contribution in [0.4, 0.5) is 0 Å². The summed E-state index contributed by atoms with van der Waals surface area (Å²) in [5.41, 5.74) is 0.506. The zero-order valence-electron chi connectivity index (χ0n) is 10.2. The molecule has 0 aromatic rings. The lowest BCUT2D eigenvalue weighted by Crippen LogP contribution is -2.06. The SMILES string of the molecule is CCCCC[C](C)CCC(C)(C)C. The van der Waals surface area contributed by atoms with Gasteiger partial charge in [0, 0.05) is 0 Å². The average Bonchev–Trinajstić information content (AvgIpc) is 2.00. The summed E-state index contributed by atoms with van der Waals surface area (Å²) in [7, 11) is 0. The molecule has 1 radical (unpaired) electrons. The molecule has 0 rings (SSSR count). The third kappa shape index (κ3) is 9.92. The lowest BCUT2D eigenvalue weighted by atomic mass is 9.86. The van der Waals surface area contributed by atoms with E-state index in [2.05, 4.69) is 34.6 Å². The van der Waals surface area contributed by atoms with Gasteiger partial charge in [0.2, 0.25) is 0 Å². The molecule has 0 N–H and O–H groups in total. The minimum Gasteiger partial charge on any atom is -0.0654 e. The summed E-state index contributed by atoms with van der Waals surface area (Å²) in [6, 6.07) is 0. The average molecular weight is 183 g/mol. The summed E-state index contributed by atoms with van der Waals surface area (Å²) in [5.74, 6) is 1.70. The Hall–Kier alpha value is 0. The van der Waals surface area contributed by atoms with Crippen LogP contribution in [0, 0.1) is 11.3 Å². The highest BCUT2D eigenvalue weighted by Crippen LogP contribution is 2.26. The molecule has 0 spiro atoms. The van der Waals surface area contributed by atoms with Crippen molar-refractivity contribution >= 4 is 0 Å². The molecule has 0 atom stereocenters. The van der Waals surface area contributed by atoms with Gasteiger partial charge in [-0.15, -0.1) is 0 Å². The summed E-state index contributed by atoms with van der Waals surface area (Å²) in [5, 5.41) is 0. The van der Waals surface area contributed by atoms with E-state index in [1.54, 1.807) is 5.92 Å². The largest absolute Gasteiger partial charge is 0.0654 e. The summed E-state index contributed by atoms with van der Waals surface area (Å²) in [4.78, 5) is 0. The third-order valence-corrected chi connectivity index (χ3v) is 2.51. The van der Waals surface area contributed by atoms with Crippen molar-refractivity contribution in [3.8, 4) is 0 Å². The molecule has 0 fully saturated rings. The maximum atomic E-state index is 2.33. The van der Waals surface area contributed by atoms with Crippen LogP contribution in [0.1, 0.15) is 73.1 Å². The fraction of sp³-hybridized carbons (Fsp3) is 0.923. The third-order valence-electron chi connectivity index (χ3n) is 2.51. The van der Waals surface area contributed by atoms with Gasteiger partial charge in [-0.2, -0.15) is 0 Å². The van der Waals surface area contributed by atoms with Gasteiger partial charge in [-0.05, 0) is 30.6 Å². The maximum Gasteiger partial charge on any atom is -0.0272 e. The van der Waals surface area contributed by atoms with Crippen LogP contribution in [0.5, 0.6) is 0 Å². The molecule has 13 heavy (non-hydrogen) atoms. The van der Waals surface area contributed by atoms with Crippen molar-refractivity contribution in [3.05, 3.63) is 5.92 Å². The van der Waals surface area contributed by atoms with Gasteiger partial charge < -0.3 is 0 Å². The number of unbranched alkanes of at least 4 members (excludes halogenated alkanes) is 2. The Balaban J connectivity index is 3.35. The molecule has 0 amide bonds. The molecule has 0 aliphatic rings. The molecular formula is C13H27. The highest BCUT2D eigenvalue weighted by molar-refractivity contribution is 4.85. The van der Waals surface area contributed by atoms with Gasteiger partial charge in [0.15, 0.2) is 0 Å². The zero-order chi connectivity index (χ0) is 10.3. The van der Waals surface area contributed by atoms with Crippen LogP contribution in [0.25, 0.3) is 0 Å². The molecule has 0 heterocycles. The van der Waals surface area contributed by atoms with E-state index in [4.69, 9.17) is 0 Å². The molecule has 0 aliphatic heterocycles. The smallest absolute Gasteiger partial charge is 0.0272 e. The van der Waals surface area contributed by atoms with Crippen molar-refractivity contribution in [1.29, 1.82) is 0 Å². The Kier molecular flexibility index (Phi) is 6.45. The molecule has 0 aliphatic carbocycles. The van der Waals surface area contributed by atoms with Gasteiger partial charge in [0.25, 0.3) is 0 Å². The standard InChI is InChI=1S/C13H27/c1-6-7-8-9-12(2)10-11-13(3,4)5/h6-11H2,1-5H3. The van der Waals surface area contributed by atoms with Crippen molar-refractivity contribution < 1.29 is 0 Å². The Bertz CT molecular complexity index is 108. The minimum atomic E-state index is 0.506. The van der Waals surface area contributed by atoms with Crippen LogP contribution in [0.3, 0.4) is 0 Å². The lowest BCUT2D eigenvalue weighted by molar-refractivity contribution is 0.365. The maximum absolute atomic E-state index is 2.33. The van der Waals surface area contributed by atoms with Crippen molar-refractivity contribution in [2.24, 2.45) is 5.41 Å². The molecular weight excluding hydrogens is 156 g/mol. The molecule has 0 aromatic heterocycles. The predicted molar refractivity (Wildman–Crippen MR) is 61.7 cm³/mol. The first-order valence-electron chi connectivity index (χ1n) is 5.77. The summed E-state index contributed by atoms with van der Waals surface area (Å²) >= 11 is 0. The predicted octanol–water partition coefficient (Wildman–Crippen LogP) is 4.99. The first kappa shape index (κ1) is 13.0. The molecule has 0 nitrogen and oxygen atoms in total. The molecule has 0 bridgehead atoms. The second-order valence-electron chi connectivity index (χ2n) is 5.47. The van der Waals surface area contributed by atoms with Gasteiger partial charge in [0.05, 0.1) is 0 Å². The van der Waals surface area contributed by atoms with Crippen LogP contribution in [-0.4, -0.2) is 0 Å². The first-order chi connectivity index (χ1) is 5.95. The van der Waals surface area contributed by atoms with Crippen LogP contribution in [-0.2, 0) is 0 Å². The number of rotatable bonds is 6. The first-order valence-corrected chi connectivity index (χ1v) is 5.77. The molecule has 79 valence electrons. The van der Waals surface area contributed by atoms with Gasteiger partial charge >= 0.3 is 0 Å². The van der Waals surface area contributed by atoms with E-state index in [1.165, 1.54) is 38.5 Å². The summed E-state index contributed by atoms with van der Waals surface area (Å²) < 4.78 is 0. The van der Waals surface area contributed by atoms with E-state index < -0.39 is 0 Å². The monoisotopic (exact) mass is 183 g/mol. The lowest BCUT2D eigenvalue weighted by Gasteiger charge is -2.20. The van der Waals surface area contributed by atoms with E-state index >= 15 is 0 Å². The van der Waals surface area contributed by atoms with Crippen molar-refractivity contribution in [2.75, 3.05) is 0 Å². The molecule has 0 saturated heterocycles. The van der Waals surface area contributed by atoms with Crippen LogP contribution in [0.2, 0.25) is 0 Å². The Labute approximate surface area is 85.1 Å². The Morgan fingerprint density at radius 3 is 2.08 bits per heavy atom. The summed E-state index contributed by atoms with van der Waals surface area (Å²) in [6.45, 7) is 11.6. The van der Waals surface area contributed by atoms with Crippen molar-refractivity contribution in [3.63, 3.8) is 0 Å². The minimum absolute atomic E-state index is 0.506. The zero-order valence-corrected chi connectivity index (χ0v) is 10.2. The second-order valence-corrected chi connectivity index (χ2v) is 5.47. The van der Waals surface area contributed by atoms with Gasteiger partial charge in [-0.25, -0.2) is 0 Å². The molecule has 0 saturated carbocycles. The fourth-order valence-corrected chi connectivity index (χ4v) is 1.39. The molecule has 0 unspecified atom stereocenters. The molecule has 0 aromatic carbocycles. The number of hydrogen-bond acceptors (Lipinski definition) is 0. The van der Waals surface area contributed by atoms with Crippen LogP contribution < -0.4 is 0 Å². The van der Waals surface area contributed by atoms with E-state index in [1.807, 2.05) is 0 Å². The highest BCUT2D eigenvalue weighted by Gasteiger charge is 2.12. The fourth-order valence-electron chi connectivity index (χ4n) is 1.39. The van der Waals surface area contributed by atoms with E-state index in [0.29, 0.717) is 5.41 Å². The van der Waals surface area contributed by atoms with Gasteiger partial charge in [0.1, 0.15) is 0 Å². The van der Waals surface area contributed by atoms with Gasteiger partial charge in [-0.1, -0.05) is 53.9 Å². The van der Waals surface area contributed by atoms with Crippen LogP contribution >= 0.6 is 0 Å². The normalized spacial score (nSPS) is 12.5. The summed E-state index contributed by atoms with van der Waals surface area (Å²) in [6.07, 6.45) is 8.15. The Morgan fingerprint density at radius 1 is 1.00 bits per heavy atom. The van der Waals surface area contributed by atoms with Gasteiger partial charge in [-0.3, -0.25) is 0 Å². The number of hydrogen-bond donors (Lipinski definition) is 0. The van der Waals surface area contributed by atoms with E-state index in [0.717, 1.165) is 0 Å². The molecule has 0 heteroatoms. The second kappa shape index (κ2) is 6.45. The van der Waals surface area contributed by atoms with Crippen molar-refractivity contribution in [1.82, 2.24) is 0 Å².